The fourth-order valence-electron chi connectivity index (χ4n) is 1.03. The van der Waals surface area contributed by atoms with Gasteiger partial charge >= 0.3 is 0 Å². The van der Waals surface area contributed by atoms with Crippen molar-refractivity contribution in [2.45, 2.75) is 19.9 Å². The molecule has 0 saturated carbocycles. The zero-order chi connectivity index (χ0) is 9.68. The van der Waals surface area contributed by atoms with E-state index in [1.165, 1.54) is 13.1 Å². The predicted molar refractivity (Wildman–Crippen MR) is 54.0 cm³/mol. The van der Waals surface area contributed by atoms with E-state index in [9.17, 15) is 4.79 Å². The molecule has 0 fully saturated rings. The topological polar surface area (TPSA) is 29.4 Å². The highest BCUT2D eigenvalue weighted by atomic mass is 16.1. The second kappa shape index (κ2) is 4.55. The van der Waals surface area contributed by atoms with Gasteiger partial charge in [-0.1, -0.05) is 30.3 Å². The van der Waals surface area contributed by atoms with Crippen LogP contribution >= 0.6 is 0 Å². The van der Waals surface area contributed by atoms with Crippen LogP contribution in [0.15, 0.2) is 35.3 Å². The van der Waals surface area contributed by atoms with E-state index in [-0.39, 0.29) is 11.8 Å². The molecule has 2 nitrogen and oxygen atoms in total. The van der Waals surface area contributed by atoms with E-state index in [1.54, 1.807) is 0 Å². The fourth-order valence-corrected chi connectivity index (χ4v) is 1.03. The van der Waals surface area contributed by atoms with Crippen LogP contribution in [0, 0.1) is 0 Å². The monoisotopic (exact) mass is 175 g/mol. The summed E-state index contributed by atoms with van der Waals surface area (Å²) in [6.45, 7) is 3.47. The van der Waals surface area contributed by atoms with Crippen molar-refractivity contribution in [3.63, 3.8) is 0 Å². The first-order valence-electron chi connectivity index (χ1n) is 4.29. The van der Waals surface area contributed by atoms with E-state index in [0.29, 0.717) is 0 Å². The van der Waals surface area contributed by atoms with Crippen molar-refractivity contribution in [2.24, 2.45) is 4.99 Å². The van der Waals surface area contributed by atoms with E-state index in [4.69, 9.17) is 0 Å². The summed E-state index contributed by atoms with van der Waals surface area (Å²) in [7, 11) is 0. The van der Waals surface area contributed by atoms with Crippen molar-refractivity contribution in [3.8, 4) is 0 Å². The third-order valence-corrected chi connectivity index (χ3v) is 1.76. The molecule has 0 spiro atoms. The molecule has 1 aromatic carbocycles. The molecule has 0 aromatic heterocycles. The summed E-state index contributed by atoms with van der Waals surface area (Å²) in [5, 5.41) is 0. The minimum Gasteiger partial charge on any atom is -0.293 e. The Labute approximate surface area is 78.3 Å². The Morgan fingerprint density at radius 1 is 1.38 bits per heavy atom. The molecule has 0 unspecified atom stereocenters. The van der Waals surface area contributed by atoms with Crippen molar-refractivity contribution in [1.29, 1.82) is 0 Å². The molecule has 1 rings (SSSR count). The van der Waals surface area contributed by atoms with Gasteiger partial charge in [0.15, 0.2) is 5.78 Å². The zero-order valence-corrected chi connectivity index (χ0v) is 7.90. The lowest BCUT2D eigenvalue weighted by molar-refractivity contribution is -0.110. The summed E-state index contributed by atoms with van der Waals surface area (Å²) >= 11 is 0. The van der Waals surface area contributed by atoms with Crippen LogP contribution in [0.3, 0.4) is 0 Å². The SMILES string of the molecule is CC(=O)C=N[C@@H](C)c1ccccc1. The molecule has 1 aromatic rings. The zero-order valence-electron chi connectivity index (χ0n) is 7.90. The van der Waals surface area contributed by atoms with Crippen molar-refractivity contribution in [3.05, 3.63) is 35.9 Å². The maximum absolute atomic E-state index is 10.6. The van der Waals surface area contributed by atoms with E-state index >= 15 is 0 Å². The number of aliphatic imine (C=N–C) groups is 1. The van der Waals surface area contributed by atoms with Crippen LogP contribution in [0.1, 0.15) is 25.5 Å². The summed E-state index contributed by atoms with van der Waals surface area (Å²) in [4.78, 5) is 14.7. The highest BCUT2D eigenvalue weighted by Crippen LogP contribution is 2.14. The predicted octanol–water partition coefficient (Wildman–Crippen LogP) is 2.41. The quantitative estimate of drug-likeness (QED) is 0.648. The molecule has 13 heavy (non-hydrogen) atoms. The maximum atomic E-state index is 10.6. The van der Waals surface area contributed by atoms with Crippen molar-refractivity contribution in [1.82, 2.24) is 0 Å². The summed E-state index contributed by atoms with van der Waals surface area (Å²) in [6, 6.07) is 9.96. The Balaban J connectivity index is 2.69. The highest BCUT2D eigenvalue weighted by molar-refractivity contribution is 6.26. The van der Waals surface area contributed by atoms with Crippen molar-refractivity contribution >= 4 is 12.0 Å². The molecular weight excluding hydrogens is 162 g/mol. The van der Waals surface area contributed by atoms with E-state index in [1.807, 2.05) is 37.3 Å². The molecule has 0 aliphatic carbocycles. The molecule has 2 heteroatoms. The molecule has 0 aliphatic rings. The van der Waals surface area contributed by atoms with Gasteiger partial charge in [-0.3, -0.25) is 9.79 Å². The third kappa shape index (κ3) is 3.20. The van der Waals surface area contributed by atoms with E-state index in [2.05, 4.69) is 4.99 Å². The number of carbonyl (C=O) groups is 1. The van der Waals surface area contributed by atoms with Gasteiger partial charge in [-0.15, -0.1) is 0 Å². The van der Waals surface area contributed by atoms with Gasteiger partial charge < -0.3 is 0 Å². The number of nitrogens with zero attached hydrogens (tertiary/aromatic N) is 1. The number of benzene rings is 1. The Morgan fingerprint density at radius 2 is 2.00 bits per heavy atom. The number of ketones is 1. The Bertz CT molecular complexity index is 303. The van der Waals surface area contributed by atoms with Gasteiger partial charge in [-0.05, 0) is 12.5 Å². The molecule has 0 radical (unpaired) electrons. The van der Waals surface area contributed by atoms with Crippen LogP contribution in [0.2, 0.25) is 0 Å². The van der Waals surface area contributed by atoms with Crippen LogP contribution in [-0.4, -0.2) is 12.0 Å². The molecule has 0 bridgehead atoms. The first kappa shape index (κ1) is 9.65. The first-order chi connectivity index (χ1) is 6.20. The van der Waals surface area contributed by atoms with Gasteiger partial charge in [-0.25, -0.2) is 0 Å². The average molecular weight is 175 g/mol. The van der Waals surface area contributed by atoms with Gasteiger partial charge in [0.1, 0.15) is 0 Å². The number of Topliss-reactive ketones (excluding diaryl/α,β-unsaturated/α-hetero) is 1. The lowest BCUT2D eigenvalue weighted by Crippen LogP contribution is -1.94. The normalized spacial score (nSPS) is 13.1. The van der Waals surface area contributed by atoms with Crippen LogP contribution in [0.25, 0.3) is 0 Å². The van der Waals surface area contributed by atoms with Gasteiger partial charge in [0, 0.05) is 6.92 Å². The summed E-state index contributed by atoms with van der Waals surface area (Å²) < 4.78 is 0. The lowest BCUT2D eigenvalue weighted by Gasteiger charge is -2.04. The van der Waals surface area contributed by atoms with Crippen molar-refractivity contribution < 1.29 is 4.79 Å². The largest absolute Gasteiger partial charge is 0.293 e. The lowest BCUT2D eigenvalue weighted by atomic mass is 10.1. The number of carbonyl (C=O) groups excluding carboxylic acids is 1. The number of hydrogen-bond acceptors (Lipinski definition) is 2. The minimum atomic E-state index is -0.0113. The molecular formula is C11H13NO. The van der Waals surface area contributed by atoms with Crippen LogP contribution in [0.4, 0.5) is 0 Å². The molecule has 1 atom stereocenters. The minimum absolute atomic E-state index is 0.0113. The molecule has 0 heterocycles. The van der Waals surface area contributed by atoms with E-state index < -0.39 is 0 Å². The van der Waals surface area contributed by atoms with Crippen LogP contribution in [-0.2, 0) is 4.79 Å². The highest BCUT2D eigenvalue weighted by Gasteiger charge is 2.00. The smallest absolute Gasteiger partial charge is 0.170 e. The first-order valence-corrected chi connectivity index (χ1v) is 4.29. The van der Waals surface area contributed by atoms with Crippen LogP contribution < -0.4 is 0 Å². The molecule has 0 N–H and O–H groups in total. The Morgan fingerprint density at radius 3 is 2.54 bits per heavy atom. The van der Waals surface area contributed by atoms with Crippen molar-refractivity contribution in [2.75, 3.05) is 0 Å². The fraction of sp³-hybridized carbons (Fsp3) is 0.273. The Hall–Kier alpha value is -1.44. The molecule has 0 saturated heterocycles. The standard InChI is InChI=1S/C11H13NO/c1-9(13)8-12-10(2)11-6-4-3-5-7-11/h3-8,10H,1-2H3/t10-/m0/s1. The molecule has 68 valence electrons. The van der Waals surface area contributed by atoms with Gasteiger partial charge in [0.05, 0.1) is 12.3 Å². The van der Waals surface area contributed by atoms with Gasteiger partial charge in [0.25, 0.3) is 0 Å². The Kier molecular flexibility index (Phi) is 3.38. The summed E-state index contributed by atoms with van der Waals surface area (Å²) in [5.41, 5.74) is 1.13. The second-order valence-electron chi connectivity index (χ2n) is 2.98. The summed E-state index contributed by atoms with van der Waals surface area (Å²) in [5.74, 6) is -0.0113. The molecule has 0 amide bonds. The van der Waals surface area contributed by atoms with Crippen LogP contribution in [0.5, 0.6) is 0 Å². The number of rotatable bonds is 3. The third-order valence-electron chi connectivity index (χ3n) is 1.76. The molecule has 0 aliphatic heterocycles. The summed E-state index contributed by atoms with van der Waals surface area (Å²) in [6.07, 6.45) is 1.37. The van der Waals surface area contributed by atoms with Gasteiger partial charge in [-0.2, -0.15) is 0 Å². The van der Waals surface area contributed by atoms with Gasteiger partial charge in [0.2, 0.25) is 0 Å². The maximum Gasteiger partial charge on any atom is 0.170 e. The second-order valence-corrected chi connectivity index (χ2v) is 2.98. The van der Waals surface area contributed by atoms with E-state index in [0.717, 1.165) is 5.56 Å². The average Bonchev–Trinajstić information content (AvgIpc) is 2.15. The number of hydrogen-bond donors (Lipinski definition) is 0.